The fourth-order valence-corrected chi connectivity index (χ4v) is 5.57. The largest absolute Gasteiger partial charge is 0.327 e. The van der Waals surface area contributed by atoms with Gasteiger partial charge in [0.15, 0.2) is 0 Å². The molecule has 160 valence electrons. The lowest BCUT2D eigenvalue weighted by molar-refractivity contribution is -0.143. The zero-order chi connectivity index (χ0) is 22.0. The number of nitrogens with one attached hydrogen (secondary N) is 1. The number of fused-ring (bicyclic) bond motifs is 6. The maximum atomic E-state index is 12.8. The molecular formula is C25H22N4O3. The molecule has 1 saturated carbocycles. The SMILES string of the molecule is Cn1c(-c2ccc(NC(=O)CN3C(=O)C4C5C=CC(C5)C4C3=O)cc2)nc2ccccc21. The molecule has 3 aromatic rings. The highest BCUT2D eigenvalue weighted by molar-refractivity contribution is 6.09. The molecule has 0 radical (unpaired) electrons. The number of aryl methyl sites for hydroxylation is 1. The summed E-state index contributed by atoms with van der Waals surface area (Å²) in [5.41, 5.74) is 3.52. The Kier molecular flexibility index (Phi) is 4.08. The molecule has 3 amide bonds. The van der Waals surface area contributed by atoms with Crippen LogP contribution in [0.5, 0.6) is 0 Å². The molecule has 2 fully saturated rings. The molecule has 2 aromatic carbocycles. The third-order valence-electron chi connectivity index (χ3n) is 7.08. The summed E-state index contributed by atoms with van der Waals surface area (Å²) >= 11 is 0. The molecule has 1 aliphatic heterocycles. The number of hydrogen-bond donors (Lipinski definition) is 1. The van der Waals surface area contributed by atoms with Gasteiger partial charge in [-0.25, -0.2) is 4.98 Å². The Hall–Kier alpha value is -3.74. The van der Waals surface area contributed by atoms with E-state index < -0.39 is 0 Å². The topological polar surface area (TPSA) is 84.3 Å². The van der Waals surface area contributed by atoms with Gasteiger partial charge in [0, 0.05) is 18.3 Å². The van der Waals surface area contributed by atoms with Crippen LogP contribution in [0.25, 0.3) is 22.4 Å². The number of aromatic nitrogens is 2. The highest BCUT2D eigenvalue weighted by atomic mass is 16.2. The molecule has 7 heteroatoms. The molecule has 0 spiro atoms. The molecule has 6 rings (SSSR count). The normalized spacial score (nSPS) is 25.7. The number of imide groups is 1. The third kappa shape index (κ3) is 2.74. The maximum absolute atomic E-state index is 12.8. The number of amides is 3. The molecule has 2 aliphatic carbocycles. The van der Waals surface area contributed by atoms with Gasteiger partial charge in [-0.1, -0.05) is 24.3 Å². The van der Waals surface area contributed by atoms with E-state index in [0.29, 0.717) is 5.69 Å². The molecule has 4 unspecified atom stereocenters. The first-order valence-electron chi connectivity index (χ1n) is 10.9. The highest BCUT2D eigenvalue weighted by Crippen LogP contribution is 2.52. The Morgan fingerprint density at radius 3 is 2.31 bits per heavy atom. The predicted molar refractivity (Wildman–Crippen MR) is 119 cm³/mol. The summed E-state index contributed by atoms with van der Waals surface area (Å²) < 4.78 is 2.03. The standard InChI is InChI=1S/C25H22N4O3/c1-28-19-5-3-2-4-18(19)27-23(28)14-8-10-17(11-9-14)26-20(30)13-29-24(31)21-15-6-7-16(12-15)22(21)25(29)32/h2-11,15-16,21-22H,12-13H2,1H3,(H,26,30). The molecule has 7 nitrogen and oxygen atoms in total. The van der Waals surface area contributed by atoms with Crippen molar-refractivity contribution in [2.75, 3.05) is 11.9 Å². The molecule has 3 aliphatic rings. The van der Waals surface area contributed by atoms with Gasteiger partial charge in [-0.15, -0.1) is 0 Å². The van der Waals surface area contributed by atoms with E-state index in [4.69, 9.17) is 4.98 Å². The number of hydrogen-bond acceptors (Lipinski definition) is 4. The highest BCUT2D eigenvalue weighted by Gasteiger charge is 2.59. The van der Waals surface area contributed by atoms with Crippen molar-refractivity contribution in [3.05, 3.63) is 60.7 Å². The predicted octanol–water partition coefficient (Wildman–Crippen LogP) is 2.99. The fraction of sp³-hybridized carbons (Fsp3) is 0.280. The molecule has 1 saturated heterocycles. The van der Waals surface area contributed by atoms with E-state index in [-0.39, 0.29) is 47.9 Å². The minimum absolute atomic E-state index is 0.143. The second-order valence-corrected chi connectivity index (χ2v) is 8.87. The van der Waals surface area contributed by atoms with E-state index in [2.05, 4.69) is 5.32 Å². The lowest BCUT2D eigenvalue weighted by atomic mass is 9.85. The molecule has 32 heavy (non-hydrogen) atoms. The number of likely N-dealkylation sites (tertiary alicyclic amines) is 1. The minimum Gasteiger partial charge on any atom is -0.327 e. The van der Waals surface area contributed by atoms with E-state index >= 15 is 0 Å². The number of imidazole rings is 1. The Labute approximate surface area is 184 Å². The van der Waals surface area contributed by atoms with Gasteiger partial charge in [-0.05, 0) is 54.7 Å². The van der Waals surface area contributed by atoms with Crippen LogP contribution in [0.1, 0.15) is 6.42 Å². The molecule has 2 heterocycles. The summed E-state index contributed by atoms with van der Waals surface area (Å²) in [6, 6.07) is 15.4. The summed E-state index contributed by atoms with van der Waals surface area (Å²) in [5.74, 6) is -0.214. The first-order chi connectivity index (χ1) is 15.5. The number of benzene rings is 2. The third-order valence-corrected chi connectivity index (χ3v) is 7.08. The van der Waals surface area contributed by atoms with Crippen molar-refractivity contribution in [1.29, 1.82) is 0 Å². The van der Waals surface area contributed by atoms with Crippen molar-refractivity contribution >= 4 is 34.4 Å². The molecule has 1 aromatic heterocycles. The quantitative estimate of drug-likeness (QED) is 0.514. The van der Waals surface area contributed by atoms with Crippen LogP contribution >= 0.6 is 0 Å². The first kappa shape index (κ1) is 19.0. The van der Waals surface area contributed by atoms with Gasteiger partial charge < -0.3 is 9.88 Å². The maximum Gasteiger partial charge on any atom is 0.244 e. The van der Waals surface area contributed by atoms with Gasteiger partial charge in [-0.2, -0.15) is 0 Å². The van der Waals surface area contributed by atoms with Crippen LogP contribution in [0.4, 0.5) is 5.69 Å². The number of rotatable bonds is 4. The Morgan fingerprint density at radius 1 is 1.00 bits per heavy atom. The van der Waals surface area contributed by atoms with Crippen LogP contribution in [0.15, 0.2) is 60.7 Å². The van der Waals surface area contributed by atoms with Crippen LogP contribution < -0.4 is 5.32 Å². The lowest BCUT2D eigenvalue weighted by Gasteiger charge is -2.17. The number of allylic oxidation sites excluding steroid dienone is 2. The van der Waals surface area contributed by atoms with E-state index in [0.717, 1.165) is 33.7 Å². The average Bonchev–Trinajstić information content (AvgIpc) is 3.55. The van der Waals surface area contributed by atoms with Crippen LogP contribution in [0, 0.1) is 23.7 Å². The Balaban J connectivity index is 1.15. The van der Waals surface area contributed by atoms with Crippen LogP contribution in [0.2, 0.25) is 0 Å². The number of carbonyl (C=O) groups is 3. The fourth-order valence-electron chi connectivity index (χ4n) is 5.57. The van der Waals surface area contributed by atoms with Crippen molar-refractivity contribution < 1.29 is 14.4 Å². The summed E-state index contributed by atoms with van der Waals surface area (Å²) in [7, 11) is 1.97. The minimum atomic E-state index is -0.373. The summed E-state index contributed by atoms with van der Waals surface area (Å²) in [4.78, 5) is 44.0. The Morgan fingerprint density at radius 2 is 1.66 bits per heavy atom. The van der Waals surface area contributed by atoms with Gasteiger partial charge in [0.1, 0.15) is 12.4 Å². The van der Waals surface area contributed by atoms with Crippen molar-refractivity contribution in [3.8, 4) is 11.4 Å². The summed E-state index contributed by atoms with van der Waals surface area (Å²) in [5, 5.41) is 2.81. The number of nitrogens with zero attached hydrogens (tertiary/aromatic N) is 3. The van der Waals surface area contributed by atoms with E-state index in [1.165, 1.54) is 0 Å². The van der Waals surface area contributed by atoms with Crippen molar-refractivity contribution in [2.45, 2.75) is 6.42 Å². The van der Waals surface area contributed by atoms with Gasteiger partial charge in [0.2, 0.25) is 17.7 Å². The second-order valence-electron chi connectivity index (χ2n) is 8.87. The zero-order valence-corrected chi connectivity index (χ0v) is 17.6. The number of carbonyl (C=O) groups excluding carboxylic acids is 3. The van der Waals surface area contributed by atoms with E-state index in [1.807, 2.05) is 60.2 Å². The van der Waals surface area contributed by atoms with E-state index in [1.54, 1.807) is 12.1 Å². The smallest absolute Gasteiger partial charge is 0.244 e. The zero-order valence-electron chi connectivity index (χ0n) is 17.6. The summed E-state index contributed by atoms with van der Waals surface area (Å²) in [6.45, 7) is -0.239. The lowest BCUT2D eigenvalue weighted by Crippen LogP contribution is -2.39. The van der Waals surface area contributed by atoms with Crippen molar-refractivity contribution in [1.82, 2.24) is 14.5 Å². The number of para-hydroxylation sites is 2. The second kappa shape index (κ2) is 6.88. The number of anilines is 1. The first-order valence-corrected chi connectivity index (χ1v) is 10.9. The van der Waals surface area contributed by atoms with Crippen LogP contribution in [0.3, 0.4) is 0 Å². The summed E-state index contributed by atoms with van der Waals surface area (Å²) in [6.07, 6.45) is 4.98. The molecule has 2 bridgehead atoms. The van der Waals surface area contributed by atoms with Gasteiger partial charge in [-0.3, -0.25) is 19.3 Å². The van der Waals surface area contributed by atoms with E-state index in [9.17, 15) is 14.4 Å². The molecule has 4 atom stereocenters. The Bertz CT molecular complexity index is 1280. The molecule has 1 N–H and O–H groups in total. The van der Waals surface area contributed by atoms with Gasteiger partial charge in [0.25, 0.3) is 0 Å². The monoisotopic (exact) mass is 426 g/mol. The van der Waals surface area contributed by atoms with Crippen molar-refractivity contribution in [3.63, 3.8) is 0 Å². The van der Waals surface area contributed by atoms with Gasteiger partial charge >= 0.3 is 0 Å². The van der Waals surface area contributed by atoms with Gasteiger partial charge in [0.05, 0.1) is 22.9 Å². The average molecular weight is 426 g/mol. The van der Waals surface area contributed by atoms with Crippen LogP contribution in [-0.4, -0.2) is 38.7 Å². The van der Waals surface area contributed by atoms with Crippen LogP contribution in [-0.2, 0) is 21.4 Å². The molecular weight excluding hydrogens is 404 g/mol. The van der Waals surface area contributed by atoms with Crippen molar-refractivity contribution in [2.24, 2.45) is 30.7 Å².